The molecule has 0 aliphatic carbocycles. The first-order valence-corrected chi connectivity index (χ1v) is 9.16. The Morgan fingerprint density at radius 3 is 2.52 bits per heavy atom. The summed E-state index contributed by atoms with van der Waals surface area (Å²) in [5.74, 6) is -0.238. The normalized spacial score (nSPS) is 11.7. The summed E-state index contributed by atoms with van der Waals surface area (Å²) < 4.78 is 72.7. The summed E-state index contributed by atoms with van der Waals surface area (Å²) in [4.78, 5) is 10.6. The number of amides is 1. The van der Waals surface area contributed by atoms with Gasteiger partial charge in [0.1, 0.15) is 10.6 Å². The molecule has 0 bridgehead atoms. The number of nitrogens with one attached hydrogen (secondary N) is 1. The minimum absolute atomic E-state index is 0.129. The van der Waals surface area contributed by atoms with Crippen molar-refractivity contribution in [3.63, 3.8) is 0 Å². The van der Waals surface area contributed by atoms with Crippen molar-refractivity contribution in [3.05, 3.63) is 53.1 Å². The number of benzene rings is 2. The molecule has 2 rings (SSSR count). The van der Waals surface area contributed by atoms with Gasteiger partial charge in [-0.15, -0.1) is 0 Å². The van der Waals surface area contributed by atoms with Gasteiger partial charge in [0.15, 0.2) is 0 Å². The molecule has 0 aromatic heterocycles. The van der Waals surface area contributed by atoms with Crippen molar-refractivity contribution in [2.45, 2.75) is 18.0 Å². The Morgan fingerprint density at radius 2 is 1.89 bits per heavy atom. The molecule has 2 aromatic carbocycles. The van der Waals surface area contributed by atoms with E-state index in [4.69, 9.17) is 15.8 Å². The largest absolute Gasteiger partial charge is 0.450 e. The minimum atomic E-state index is -4.75. The van der Waals surface area contributed by atoms with Gasteiger partial charge in [0.05, 0.1) is 17.2 Å². The number of carbonyl (C=O) groups excluding carboxylic acids is 1. The van der Waals surface area contributed by atoms with Gasteiger partial charge in [-0.2, -0.15) is 21.6 Å². The highest BCUT2D eigenvalue weighted by Crippen LogP contribution is 2.34. The summed E-state index contributed by atoms with van der Waals surface area (Å²) in [7, 11) is -4.66. The second-order valence-electron chi connectivity index (χ2n) is 5.05. The van der Waals surface area contributed by atoms with Crippen molar-refractivity contribution in [2.24, 2.45) is 0 Å². The molecule has 0 radical (unpaired) electrons. The summed E-state index contributed by atoms with van der Waals surface area (Å²) in [6, 6.07) is 7.09. The van der Waals surface area contributed by atoms with E-state index >= 15 is 0 Å². The smallest absolute Gasteiger partial charge is 0.416 e. The van der Waals surface area contributed by atoms with Gasteiger partial charge in [-0.1, -0.05) is 17.7 Å². The Labute approximate surface area is 158 Å². The Kier molecular flexibility index (Phi) is 6.22. The van der Waals surface area contributed by atoms with E-state index in [1.807, 2.05) is 0 Å². The molecule has 0 atom stereocenters. The lowest BCUT2D eigenvalue weighted by Gasteiger charge is -2.12. The van der Waals surface area contributed by atoms with Crippen LogP contribution < -0.4 is 9.50 Å². The van der Waals surface area contributed by atoms with Crippen LogP contribution in [0.5, 0.6) is 5.75 Å². The third-order valence-corrected chi connectivity index (χ3v) is 4.82. The topological polar surface area (TPSA) is 81.7 Å². The molecule has 0 saturated carbocycles. The lowest BCUT2D eigenvalue weighted by atomic mass is 10.2. The average molecular weight is 424 g/mol. The Balaban J connectivity index is 2.30. The van der Waals surface area contributed by atoms with Crippen molar-refractivity contribution < 1.29 is 35.3 Å². The molecule has 2 aromatic rings. The Hall–Kier alpha value is -2.46. The number of halogens is 4. The summed E-state index contributed by atoms with van der Waals surface area (Å²) in [6.07, 6.45) is -5.52. The number of anilines is 1. The van der Waals surface area contributed by atoms with Gasteiger partial charge in [-0.25, -0.2) is 4.79 Å². The maximum absolute atomic E-state index is 12.8. The van der Waals surface area contributed by atoms with Crippen molar-refractivity contribution in [1.29, 1.82) is 0 Å². The molecule has 6 nitrogen and oxygen atoms in total. The molecule has 0 spiro atoms. The molecule has 0 aliphatic heterocycles. The van der Waals surface area contributed by atoms with Crippen molar-refractivity contribution >= 4 is 33.5 Å². The highest BCUT2D eigenvalue weighted by atomic mass is 35.5. The van der Waals surface area contributed by atoms with Crippen LogP contribution >= 0.6 is 11.6 Å². The predicted octanol–water partition coefficient (Wildman–Crippen LogP) is 4.69. The second kappa shape index (κ2) is 8.05. The quantitative estimate of drug-likeness (QED) is 0.705. The highest BCUT2D eigenvalue weighted by Gasteiger charge is 2.33. The Morgan fingerprint density at radius 1 is 1.19 bits per heavy atom. The number of hydrogen-bond acceptors (Lipinski definition) is 5. The van der Waals surface area contributed by atoms with E-state index in [0.717, 1.165) is 12.1 Å². The zero-order valence-corrected chi connectivity index (χ0v) is 15.3. The minimum Gasteiger partial charge on any atom is -0.450 e. The summed E-state index contributed by atoms with van der Waals surface area (Å²) in [6.45, 7) is 1.73. The number of ether oxygens (including phenoxy) is 1. The molecule has 0 aliphatic rings. The van der Waals surface area contributed by atoms with E-state index in [-0.39, 0.29) is 18.0 Å². The monoisotopic (exact) mass is 423 g/mol. The fourth-order valence-corrected chi connectivity index (χ4v) is 3.38. The van der Waals surface area contributed by atoms with Crippen LogP contribution in [0.25, 0.3) is 0 Å². The SMILES string of the molecule is CCOC(=O)Nc1cccc(OS(=O)(=O)c2cc(C(F)(F)F)ccc2Cl)c1. The van der Waals surface area contributed by atoms with E-state index < -0.39 is 37.9 Å². The first-order chi connectivity index (χ1) is 12.5. The molecular formula is C16H13ClF3NO5S. The molecular weight excluding hydrogens is 411 g/mol. The van der Waals surface area contributed by atoms with Crippen LogP contribution in [0.3, 0.4) is 0 Å². The number of alkyl halides is 3. The van der Waals surface area contributed by atoms with Gasteiger partial charge in [0, 0.05) is 11.8 Å². The summed E-state index contributed by atoms with van der Waals surface area (Å²) in [5, 5.41) is 1.91. The second-order valence-corrected chi connectivity index (χ2v) is 6.98. The van der Waals surface area contributed by atoms with Gasteiger partial charge in [0.25, 0.3) is 0 Å². The van der Waals surface area contributed by atoms with E-state index in [1.165, 1.54) is 18.2 Å². The molecule has 27 heavy (non-hydrogen) atoms. The molecule has 0 fully saturated rings. The third kappa shape index (κ3) is 5.51. The molecule has 0 unspecified atom stereocenters. The lowest BCUT2D eigenvalue weighted by molar-refractivity contribution is -0.137. The van der Waals surface area contributed by atoms with Crippen LogP contribution in [-0.2, 0) is 21.0 Å². The van der Waals surface area contributed by atoms with Gasteiger partial charge in [0.2, 0.25) is 0 Å². The van der Waals surface area contributed by atoms with Crippen LogP contribution in [0.4, 0.5) is 23.7 Å². The lowest BCUT2D eigenvalue weighted by Crippen LogP contribution is -2.14. The van der Waals surface area contributed by atoms with Gasteiger partial charge >= 0.3 is 22.4 Å². The standard InChI is InChI=1S/C16H13ClF3NO5S/c1-2-25-15(22)21-11-4-3-5-12(9-11)26-27(23,24)14-8-10(16(18,19)20)6-7-13(14)17/h3-9H,2H2,1H3,(H,21,22). The average Bonchev–Trinajstić information content (AvgIpc) is 2.54. The van der Waals surface area contributed by atoms with E-state index in [2.05, 4.69) is 10.1 Å². The first kappa shape index (κ1) is 20.8. The predicted molar refractivity (Wildman–Crippen MR) is 91.4 cm³/mol. The van der Waals surface area contributed by atoms with E-state index in [1.54, 1.807) is 6.92 Å². The summed E-state index contributed by atoms with van der Waals surface area (Å²) >= 11 is 5.73. The molecule has 0 saturated heterocycles. The zero-order valence-electron chi connectivity index (χ0n) is 13.7. The molecule has 1 N–H and O–H groups in total. The van der Waals surface area contributed by atoms with Crippen LogP contribution in [0, 0.1) is 0 Å². The third-order valence-electron chi connectivity index (χ3n) is 3.09. The van der Waals surface area contributed by atoms with E-state index in [0.29, 0.717) is 12.1 Å². The molecule has 0 heterocycles. The van der Waals surface area contributed by atoms with Crippen molar-refractivity contribution in [3.8, 4) is 5.75 Å². The zero-order chi connectivity index (χ0) is 20.2. The van der Waals surface area contributed by atoms with Gasteiger partial charge in [-0.05, 0) is 37.3 Å². The number of hydrogen-bond donors (Lipinski definition) is 1. The van der Waals surface area contributed by atoms with Crippen molar-refractivity contribution in [1.82, 2.24) is 0 Å². The fraction of sp³-hybridized carbons (Fsp3) is 0.188. The maximum atomic E-state index is 12.8. The molecule has 146 valence electrons. The van der Waals surface area contributed by atoms with Crippen molar-refractivity contribution in [2.75, 3.05) is 11.9 Å². The van der Waals surface area contributed by atoms with Crippen LogP contribution in [0.2, 0.25) is 5.02 Å². The van der Waals surface area contributed by atoms with Crippen LogP contribution in [0.1, 0.15) is 12.5 Å². The Bertz CT molecular complexity index is 947. The number of carbonyl (C=O) groups is 1. The maximum Gasteiger partial charge on any atom is 0.416 e. The summed E-state index contributed by atoms with van der Waals surface area (Å²) in [5.41, 5.74) is -1.02. The molecule has 1 amide bonds. The van der Waals surface area contributed by atoms with Gasteiger partial charge in [-0.3, -0.25) is 5.32 Å². The van der Waals surface area contributed by atoms with Crippen LogP contribution in [-0.4, -0.2) is 21.1 Å². The van der Waals surface area contributed by atoms with E-state index in [9.17, 15) is 26.4 Å². The van der Waals surface area contributed by atoms with Crippen LogP contribution in [0.15, 0.2) is 47.4 Å². The molecule has 11 heteroatoms. The number of rotatable bonds is 5. The van der Waals surface area contributed by atoms with Gasteiger partial charge < -0.3 is 8.92 Å². The fourth-order valence-electron chi connectivity index (χ4n) is 1.95. The first-order valence-electron chi connectivity index (χ1n) is 7.38. The highest BCUT2D eigenvalue weighted by molar-refractivity contribution is 7.87.